The molecule has 2 saturated heterocycles. The maximum atomic E-state index is 12.7. The van der Waals surface area contributed by atoms with Crippen molar-refractivity contribution in [3.05, 3.63) is 29.8 Å². The number of methoxy groups -OCH3 is 1. The molecule has 1 aromatic rings. The number of carbonyl (C=O) groups is 1. The largest absolute Gasteiger partial charge is 0.496 e. The van der Waals surface area contributed by atoms with E-state index < -0.39 is 0 Å². The molecule has 0 spiro atoms. The zero-order valence-electron chi connectivity index (χ0n) is 16.4. The predicted molar refractivity (Wildman–Crippen MR) is 105 cm³/mol. The van der Waals surface area contributed by atoms with Gasteiger partial charge in [0.1, 0.15) is 5.75 Å². The second kappa shape index (κ2) is 9.40. The average Bonchev–Trinajstić information content (AvgIpc) is 2.69. The minimum absolute atomic E-state index is 0.360. The smallest absolute Gasteiger partial charge is 0.222 e. The van der Waals surface area contributed by atoms with Crippen LogP contribution in [0.15, 0.2) is 24.3 Å². The van der Waals surface area contributed by atoms with Crippen LogP contribution < -0.4 is 10.1 Å². The third-order valence-electron chi connectivity index (χ3n) is 6.30. The zero-order chi connectivity index (χ0) is 18.4. The molecule has 2 atom stereocenters. The van der Waals surface area contributed by atoms with Crippen LogP contribution in [0, 0.1) is 17.8 Å². The summed E-state index contributed by atoms with van der Waals surface area (Å²) in [5.41, 5.74) is 1.29. The molecule has 144 valence electrons. The molecule has 0 aromatic heterocycles. The average molecular weight is 359 g/mol. The number of likely N-dealkylation sites (tertiary alicyclic amines) is 1. The van der Waals surface area contributed by atoms with Gasteiger partial charge in [-0.3, -0.25) is 4.79 Å². The Morgan fingerprint density at radius 3 is 2.73 bits per heavy atom. The van der Waals surface area contributed by atoms with Gasteiger partial charge in [-0.2, -0.15) is 0 Å². The fourth-order valence-electron chi connectivity index (χ4n) is 4.50. The lowest BCUT2D eigenvalue weighted by atomic mass is 9.84. The first-order chi connectivity index (χ1) is 12.7. The molecule has 2 aliphatic heterocycles. The molecule has 3 rings (SSSR count). The van der Waals surface area contributed by atoms with E-state index in [2.05, 4.69) is 29.3 Å². The van der Waals surface area contributed by atoms with E-state index in [-0.39, 0.29) is 0 Å². The number of para-hydroxylation sites is 1. The molecule has 2 unspecified atom stereocenters. The number of piperidine rings is 2. The first-order valence-electron chi connectivity index (χ1n) is 10.3. The van der Waals surface area contributed by atoms with Crippen molar-refractivity contribution in [2.24, 2.45) is 17.8 Å². The summed E-state index contributed by atoms with van der Waals surface area (Å²) in [5.74, 6) is 3.15. The van der Waals surface area contributed by atoms with Gasteiger partial charge in [0.05, 0.1) is 7.11 Å². The minimum Gasteiger partial charge on any atom is -0.496 e. The zero-order valence-corrected chi connectivity index (χ0v) is 16.4. The van der Waals surface area contributed by atoms with Crippen molar-refractivity contribution in [2.75, 3.05) is 33.3 Å². The van der Waals surface area contributed by atoms with Crippen LogP contribution >= 0.6 is 0 Å². The Labute approximate surface area is 158 Å². The molecule has 4 nitrogen and oxygen atoms in total. The molecule has 0 radical (unpaired) electrons. The highest BCUT2D eigenvalue weighted by Crippen LogP contribution is 2.28. The molecule has 0 aliphatic carbocycles. The van der Waals surface area contributed by atoms with Crippen LogP contribution in [0.3, 0.4) is 0 Å². The van der Waals surface area contributed by atoms with E-state index in [0.29, 0.717) is 30.1 Å². The first-order valence-corrected chi connectivity index (χ1v) is 10.3. The summed E-state index contributed by atoms with van der Waals surface area (Å²) in [7, 11) is 1.74. The van der Waals surface area contributed by atoms with Crippen LogP contribution in [0.4, 0.5) is 0 Å². The lowest BCUT2D eigenvalue weighted by molar-refractivity contribution is -0.133. The summed E-state index contributed by atoms with van der Waals surface area (Å²) in [6.07, 6.45) is 6.48. The Morgan fingerprint density at radius 2 is 2.04 bits per heavy atom. The number of nitrogens with zero attached hydrogens (tertiary/aromatic N) is 1. The number of hydrogen-bond acceptors (Lipinski definition) is 3. The van der Waals surface area contributed by atoms with E-state index in [0.717, 1.165) is 51.2 Å². The normalized spacial score (nSPS) is 22.8. The summed E-state index contributed by atoms with van der Waals surface area (Å²) in [4.78, 5) is 14.8. The summed E-state index contributed by atoms with van der Waals surface area (Å²) in [5, 5.41) is 3.47. The number of ether oxygens (including phenoxy) is 1. The first kappa shape index (κ1) is 19.2. The van der Waals surface area contributed by atoms with E-state index in [1.165, 1.54) is 18.4 Å². The fraction of sp³-hybridized carbons (Fsp3) is 0.682. The fourth-order valence-corrected chi connectivity index (χ4v) is 4.50. The number of hydrogen-bond donors (Lipinski definition) is 1. The van der Waals surface area contributed by atoms with Crippen LogP contribution in [-0.4, -0.2) is 44.1 Å². The van der Waals surface area contributed by atoms with Crippen LogP contribution in [0.25, 0.3) is 0 Å². The highest BCUT2D eigenvalue weighted by Gasteiger charge is 2.27. The Balaban J connectivity index is 1.44. The molecular weight excluding hydrogens is 324 g/mol. The van der Waals surface area contributed by atoms with E-state index in [1.54, 1.807) is 7.11 Å². The summed E-state index contributed by atoms with van der Waals surface area (Å²) in [6, 6.07) is 8.30. The highest BCUT2D eigenvalue weighted by molar-refractivity contribution is 5.76. The minimum atomic E-state index is 0.360. The van der Waals surface area contributed by atoms with Gasteiger partial charge >= 0.3 is 0 Å². The summed E-state index contributed by atoms with van der Waals surface area (Å²) >= 11 is 0. The standard InChI is InChI=1S/C22H34N2O2/c1-17(20-7-5-11-23-16-20)14-22(25)24-12-9-18(10-13-24)15-19-6-3-4-8-21(19)26-2/h3-4,6,8,17-18,20,23H,5,7,9-16H2,1-2H3. The van der Waals surface area contributed by atoms with Gasteiger partial charge in [-0.15, -0.1) is 0 Å². The predicted octanol–water partition coefficient (Wildman–Crippen LogP) is 3.50. The van der Waals surface area contributed by atoms with Crippen molar-refractivity contribution in [1.29, 1.82) is 0 Å². The molecule has 4 heteroatoms. The number of amides is 1. The van der Waals surface area contributed by atoms with Crippen LogP contribution in [0.1, 0.15) is 44.6 Å². The molecule has 2 heterocycles. The van der Waals surface area contributed by atoms with Crippen molar-refractivity contribution in [1.82, 2.24) is 10.2 Å². The Morgan fingerprint density at radius 1 is 1.27 bits per heavy atom. The maximum Gasteiger partial charge on any atom is 0.222 e. The van der Waals surface area contributed by atoms with E-state index >= 15 is 0 Å². The molecule has 1 N–H and O–H groups in total. The van der Waals surface area contributed by atoms with Crippen molar-refractivity contribution in [2.45, 2.75) is 45.4 Å². The number of benzene rings is 1. The van der Waals surface area contributed by atoms with Gasteiger partial charge < -0.3 is 15.0 Å². The van der Waals surface area contributed by atoms with Gasteiger partial charge in [-0.25, -0.2) is 0 Å². The molecule has 1 aromatic carbocycles. The SMILES string of the molecule is COc1ccccc1CC1CCN(C(=O)CC(C)C2CCCNC2)CC1. The van der Waals surface area contributed by atoms with Crippen molar-refractivity contribution in [3.63, 3.8) is 0 Å². The van der Waals surface area contributed by atoms with E-state index in [1.807, 2.05) is 12.1 Å². The Hall–Kier alpha value is -1.55. The van der Waals surface area contributed by atoms with Crippen molar-refractivity contribution in [3.8, 4) is 5.75 Å². The van der Waals surface area contributed by atoms with Gasteiger partial charge in [-0.1, -0.05) is 25.1 Å². The molecule has 0 bridgehead atoms. The van der Waals surface area contributed by atoms with Crippen LogP contribution in [0.2, 0.25) is 0 Å². The number of rotatable bonds is 6. The number of nitrogens with one attached hydrogen (secondary N) is 1. The van der Waals surface area contributed by atoms with Crippen molar-refractivity contribution < 1.29 is 9.53 Å². The summed E-state index contributed by atoms with van der Waals surface area (Å²) in [6.45, 7) is 6.29. The molecule has 2 aliphatic rings. The second-order valence-corrected chi connectivity index (χ2v) is 8.13. The third-order valence-corrected chi connectivity index (χ3v) is 6.30. The topological polar surface area (TPSA) is 41.6 Å². The van der Waals surface area contributed by atoms with Gasteiger partial charge in [0.25, 0.3) is 0 Å². The molecule has 26 heavy (non-hydrogen) atoms. The van der Waals surface area contributed by atoms with Crippen molar-refractivity contribution >= 4 is 5.91 Å². The second-order valence-electron chi connectivity index (χ2n) is 8.13. The molecule has 1 amide bonds. The summed E-state index contributed by atoms with van der Waals surface area (Å²) < 4.78 is 5.48. The Kier molecular flexibility index (Phi) is 6.95. The number of carbonyl (C=O) groups excluding carboxylic acids is 1. The maximum absolute atomic E-state index is 12.7. The van der Waals surface area contributed by atoms with Gasteiger partial charge in [0.15, 0.2) is 0 Å². The molecule has 0 saturated carbocycles. The monoisotopic (exact) mass is 358 g/mol. The Bertz CT molecular complexity index is 575. The van der Waals surface area contributed by atoms with Gasteiger partial charge in [-0.05, 0) is 74.6 Å². The van der Waals surface area contributed by atoms with Crippen LogP contribution in [-0.2, 0) is 11.2 Å². The molecular formula is C22H34N2O2. The highest BCUT2D eigenvalue weighted by atomic mass is 16.5. The third kappa shape index (κ3) is 5.00. The van der Waals surface area contributed by atoms with E-state index in [4.69, 9.17) is 4.74 Å². The lowest BCUT2D eigenvalue weighted by Gasteiger charge is -2.34. The molecule has 2 fully saturated rings. The lowest BCUT2D eigenvalue weighted by Crippen LogP contribution is -2.41. The quantitative estimate of drug-likeness (QED) is 0.846. The van der Waals surface area contributed by atoms with Crippen LogP contribution in [0.5, 0.6) is 5.75 Å². The van der Waals surface area contributed by atoms with E-state index in [9.17, 15) is 4.79 Å². The van der Waals surface area contributed by atoms with Gasteiger partial charge in [0, 0.05) is 19.5 Å². The van der Waals surface area contributed by atoms with Gasteiger partial charge in [0.2, 0.25) is 5.91 Å².